The summed E-state index contributed by atoms with van der Waals surface area (Å²) < 4.78 is 27.5. The van der Waals surface area contributed by atoms with Gasteiger partial charge in [-0.3, -0.25) is 14.3 Å². The molecule has 1 aromatic heterocycles. The number of aromatic nitrogens is 2. The maximum atomic E-state index is 13.1. The number of amides is 1. The van der Waals surface area contributed by atoms with Crippen LogP contribution >= 0.6 is 0 Å². The van der Waals surface area contributed by atoms with Crippen molar-refractivity contribution in [3.05, 3.63) is 11.9 Å². The third-order valence-electron chi connectivity index (χ3n) is 4.18. The van der Waals surface area contributed by atoms with Crippen LogP contribution in [0.2, 0.25) is 0 Å². The predicted octanol–water partition coefficient (Wildman–Crippen LogP) is 2.77. The summed E-state index contributed by atoms with van der Waals surface area (Å²) in [5.74, 6) is -2.95. The molecule has 0 unspecified atom stereocenters. The molecule has 1 amide bonds. The van der Waals surface area contributed by atoms with Crippen molar-refractivity contribution in [2.24, 2.45) is 23.2 Å². The van der Waals surface area contributed by atoms with E-state index in [0.717, 1.165) is 0 Å². The van der Waals surface area contributed by atoms with Crippen LogP contribution in [-0.2, 0) is 16.1 Å². The normalized spacial score (nSPS) is 22.4. The molecule has 23 heavy (non-hydrogen) atoms. The van der Waals surface area contributed by atoms with Crippen molar-refractivity contribution in [2.45, 2.75) is 40.7 Å². The van der Waals surface area contributed by atoms with Crippen LogP contribution in [0.1, 0.15) is 39.8 Å². The van der Waals surface area contributed by atoms with Crippen LogP contribution in [0.25, 0.3) is 0 Å². The minimum absolute atomic E-state index is 0.0579. The minimum atomic E-state index is -2.82. The Morgan fingerprint density at radius 2 is 2.00 bits per heavy atom. The number of rotatable bonds is 6. The van der Waals surface area contributed by atoms with Gasteiger partial charge in [0.2, 0.25) is 5.91 Å². The SMILES string of the molecule is CC(C)Cn1cc(NC(=O)[C@@H]2[C@H](C(=O)O)C2(C)C)c(C(F)F)n1. The van der Waals surface area contributed by atoms with E-state index in [2.05, 4.69) is 10.4 Å². The van der Waals surface area contributed by atoms with Crippen LogP contribution < -0.4 is 5.32 Å². The number of nitrogens with zero attached hydrogens (tertiary/aromatic N) is 2. The highest BCUT2D eigenvalue weighted by Crippen LogP contribution is 2.58. The number of carbonyl (C=O) groups is 2. The van der Waals surface area contributed by atoms with Gasteiger partial charge in [0.05, 0.1) is 17.5 Å². The Hall–Kier alpha value is -1.99. The Balaban J connectivity index is 2.18. The van der Waals surface area contributed by atoms with Crippen LogP contribution in [-0.4, -0.2) is 26.8 Å². The summed E-state index contributed by atoms with van der Waals surface area (Å²) in [5.41, 5.74) is -1.24. The molecule has 2 N–H and O–H groups in total. The van der Waals surface area contributed by atoms with Gasteiger partial charge in [0.1, 0.15) is 0 Å². The van der Waals surface area contributed by atoms with E-state index in [9.17, 15) is 18.4 Å². The van der Waals surface area contributed by atoms with E-state index in [0.29, 0.717) is 6.54 Å². The second kappa shape index (κ2) is 5.90. The number of hydrogen-bond donors (Lipinski definition) is 2. The van der Waals surface area contributed by atoms with Crippen LogP contribution in [0.3, 0.4) is 0 Å². The number of halogens is 2. The molecule has 0 saturated heterocycles. The maximum absolute atomic E-state index is 13.1. The molecule has 1 aliphatic carbocycles. The second-order valence-electron chi connectivity index (χ2n) is 6.95. The molecule has 128 valence electrons. The molecule has 2 rings (SSSR count). The highest BCUT2D eigenvalue weighted by molar-refractivity contribution is 6.00. The molecular weight excluding hydrogens is 308 g/mol. The highest BCUT2D eigenvalue weighted by Gasteiger charge is 2.66. The smallest absolute Gasteiger partial charge is 0.307 e. The van der Waals surface area contributed by atoms with E-state index >= 15 is 0 Å². The first-order valence-corrected chi connectivity index (χ1v) is 7.44. The van der Waals surface area contributed by atoms with Crippen LogP contribution in [0.4, 0.5) is 14.5 Å². The lowest BCUT2D eigenvalue weighted by atomic mass is 10.1. The summed E-state index contributed by atoms with van der Waals surface area (Å²) in [7, 11) is 0. The Bertz CT molecular complexity index is 625. The molecular formula is C15H21F2N3O3. The van der Waals surface area contributed by atoms with E-state index in [-0.39, 0.29) is 11.6 Å². The van der Waals surface area contributed by atoms with Gasteiger partial charge in [0.15, 0.2) is 5.69 Å². The number of nitrogens with one attached hydrogen (secondary N) is 1. The second-order valence-corrected chi connectivity index (χ2v) is 6.95. The first kappa shape index (κ1) is 17.4. The average Bonchev–Trinajstić information content (AvgIpc) is 2.76. The topological polar surface area (TPSA) is 84.2 Å². The van der Waals surface area contributed by atoms with Gasteiger partial charge >= 0.3 is 5.97 Å². The van der Waals surface area contributed by atoms with Crippen LogP contribution in [0.15, 0.2) is 6.20 Å². The van der Waals surface area contributed by atoms with Crippen molar-refractivity contribution in [1.82, 2.24) is 9.78 Å². The van der Waals surface area contributed by atoms with E-state index in [1.807, 2.05) is 13.8 Å². The van der Waals surface area contributed by atoms with Gasteiger partial charge in [-0.25, -0.2) is 8.78 Å². The molecule has 0 spiro atoms. The van der Waals surface area contributed by atoms with Gasteiger partial charge in [-0.2, -0.15) is 5.10 Å². The Kier molecular flexibility index (Phi) is 4.45. The fraction of sp³-hybridized carbons (Fsp3) is 0.667. The molecule has 1 fully saturated rings. The molecule has 2 atom stereocenters. The number of carboxylic acid groups (broad SMARTS) is 1. The van der Waals surface area contributed by atoms with Gasteiger partial charge in [0, 0.05) is 12.7 Å². The summed E-state index contributed by atoms with van der Waals surface area (Å²) in [6, 6.07) is 0. The summed E-state index contributed by atoms with van der Waals surface area (Å²) >= 11 is 0. The predicted molar refractivity (Wildman–Crippen MR) is 79.0 cm³/mol. The summed E-state index contributed by atoms with van der Waals surface area (Å²) in [6.07, 6.45) is -1.45. The third kappa shape index (κ3) is 3.35. The van der Waals surface area contributed by atoms with Crippen molar-refractivity contribution in [2.75, 3.05) is 5.32 Å². The fourth-order valence-corrected chi connectivity index (χ4v) is 2.96. The van der Waals surface area contributed by atoms with Crippen molar-refractivity contribution >= 4 is 17.6 Å². The van der Waals surface area contributed by atoms with Gasteiger partial charge in [-0.15, -0.1) is 0 Å². The number of alkyl halides is 2. The van der Waals surface area contributed by atoms with Crippen LogP contribution in [0, 0.1) is 23.2 Å². The molecule has 1 aromatic rings. The van der Waals surface area contributed by atoms with Crippen molar-refractivity contribution in [1.29, 1.82) is 0 Å². The van der Waals surface area contributed by atoms with E-state index < -0.39 is 41.2 Å². The Labute approximate surface area is 132 Å². The zero-order chi connectivity index (χ0) is 17.5. The number of hydrogen-bond acceptors (Lipinski definition) is 3. The van der Waals surface area contributed by atoms with E-state index in [4.69, 9.17) is 5.11 Å². The van der Waals surface area contributed by atoms with Gasteiger partial charge in [-0.1, -0.05) is 27.7 Å². The van der Waals surface area contributed by atoms with E-state index in [1.54, 1.807) is 13.8 Å². The fourth-order valence-electron chi connectivity index (χ4n) is 2.96. The summed E-state index contributed by atoms with van der Waals surface area (Å²) in [5, 5.41) is 15.3. The van der Waals surface area contributed by atoms with Gasteiger partial charge in [-0.05, 0) is 11.3 Å². The molecule has 1 heterocycles. The summed E-state index contributed by atoms with van der Waals surface area (Å²) in [6.45, 7) is 7.64. The quantitative estimate of drug-likeness (QED) is 0.840. The Morgan fingerprint density at radius 3 is 2.43 bits per heavy atom. The lowest BCUT2D eigenvalue weighted by Crippen LogP contribution is -2.18. The number of anilines is 1. The number of aliphatic carboxylic acids is 1. The molecule has 1 aliphatic rings. The van der Waals surface area contributed by atoms with Crippen LogP contribution in [0.5, 0.6) is 0 Å². The minimum Gasteiger partial charge on any atom is -0.481 e. The first-order chi connectivity index (χ1) is 10.6. The average molecular weight is 329 g/mol. The largest absolute Gasteiger partial charge is 0.481 e. The zero-order valence-corrected chi connectivity index (χ0v) is 13.5. The van der Waals surface area contributed by atoms with Gasteiger partial charge in [0.25, 0.3) is 6.43 Å². The van der Waals surface area contributed by atoms with Crippen molar-refractivity contribution < 1.29 is 23.5 Å². The van der Waals surface area contributed by atoms with E-state index in [1.165, 1.54) is 10.9 Å². The van der Waals surface area contributed by atoms with Crippen molar-refractivity contribution in [3.8, 4) is 0 Å². The first-order valence-electron chi connectivity index (χ1n) is 7.44. The molecule has 0 aliphatic heterocycles. The maximum Gasteiger partial charge on any atom is 0.307 e. The Morgan fingerprint density at radius 1 is 1.39 bits per heavy atom. The third-order valence-corrected chi connectivity index (χ3v) is 4.18. The molecule has 1 saturated carbocycles. The zero-order valence-electron chi connectivity index (χ0n) is 13.5. The highest BCUT2D eigenvalue weighted by atomic mass is 19.3. The van der Waals surface area contributed by atoms with Gasteiger partial charge < -0.3 is 10.4 Å². The molecule has 6 nitrogen and oxygen atoms in total. The molecule has 0 bridgehead atoms. The molecule has 8 heteroatoms. The monoisotopic (exact) mass is 329 g/mol. The summed E-state index contributed by atoms with van der Waals surface area (Å²) in [4.78, 5) is 23.4. The van der Waals surface area contributed by atoms with Crippen molar-refractivity contribution in [3.63, 3.8) is 0 Å². The standard InChI is InChI=1S/C15H21F2N3O3/c1-7(2)5-20-6-8(11(19-20)12(16)17)18-13(21)9-10(14(22)23)15(9,3)4/h6-7,9-10,12H,5H2,1-4H3,(H,18,21)(H,22,23)/t9-,10+/m0/s1. The molecule has 0 radical (unpaired) electrons. The number of carbonyl (C=O) groups excluding carboxylic acids is 1. The number of carboxylic acids is 1. The lowest BCUT2D eigenvalue weighted by molar-refractivity contribution is -0.140. The molecule has 0 aromatic carbocycles. The lowest BCUT2D eigenvalue weighted by Gasteiger charge is -2.05.